The summed E-state index contributed by atoms with van der Waals surface area (Å²) in [5.74, 6) is 2.08. The third kappa shape index (κ3) is 2.95. The van der Waals surface area contributed by atoms with E-state index < -0.39 is 0 Å². The van der Waals surface area contributed by atoms with Crippen molar-refractivity contribution >= 4 is 0 Å². The van der Waals surface area contributed by atoms with E-state index >= 15 is 0 Å². The molecule has 1 aliphatic carbocycles. The Morgan fingerprint density at radius 2 is 1.72 bits per heavy atom. The van der Waals surface area contributed by atoms with Crippen LogP contribution in [0.25, 0.3) is 0 Å². The van der Waals surface area contributed by atoms with E-state index in [0.29, 0.717) is 0 Å². The van der Waals surface area contributed by atoms with Crippen LogP contribution < -0.4 is 0 Å². The largest absolute Gasteiger partial charge is 0.303 e. The van der Waals surface area contributed by atoms with Gasteiger partial charge in [0.05, 0.1) is 0 Å². The normalized spacial score (nSPS) is 28.9. The van der Waals surface area contributed by atoms with Crippen molar-refractivity contribution in [3.05, 3.63) is 35.9 Å². The summed E-state index contributed by atoms with van der Waals surface area (Å²) in [6.45, 7) is 3.97. The van der Waals surface area contributed by atoms with Gasteiger partial charge in [0, 0.05) is 13.1 Å². The Labute approximate surface area is 111 Å². The molecule has 2 atom stereocenters. The van der Waals surface area contributed by atoms with Crippen molar-refractivity contribution in [3.8, 4) is 0 Å². The number of rotatable bonds is 3. The molecule has 1 saturated heterocycles. The molecular weight excluding hydrogens is 218 g/mol. The van der Waals surface area contributed by atoms with Crippen LogP contribution in [0.2, 0.25) is 0 Å². The van der Waals surface area contributed by atoms with Crippen LogP contribution in [-0.2, 0) is 6.42 Å². The Morgan fingerprint density at radius 3 is 2.56 bits per heavy atom. The van der Waals surface area contributed by atoms with Crippen LogP contribution >= 0.6 is 0 Å². The third-order valence-electron chi connectivity index (χ3n) is 4.93. The minimum Gasteiger partial charge on any atom is -0.303 e. The Kier molecular flexibility index (Phi) is 3.99. The monoisotopic (exact) mass is 243 g/mol. The summed E-state index contributed by atoms with van der Waals surface area (Å²) in [5.41, 5.74) is 1.49. The molecule has 0 aromatic heterocycles. The lowest BCUT2D eigenvalue weighted by Gasteiger charge is -2.41. The summed E-state index contributed by atoms with van der Waals surface area (Å²) >= 11 is 0. The van der Waals surface area contributed by atoms with Crippen molar-refractivity contribution in [1.82, 2.24) is 4.90 Å². The van der Waals surface area contributed by atoms with Crippen molar-refractivity contribution in [2.45, 2.75) is 38.5 Å². The molecule has 18 heavy (non-hydrogen) atoms. The highest BCUT2D eigenvalue weighted by Crippen LogP contribution is 2.35. The molecule has 1 saturated carbocycles. The van der Waals surface area contributed by atoms with E-state index in [1.807, 2.05) is 0 Å². The number of likely N-dealkylation sites (tertiary alicyclic amines) is 1. The van der Waals surface area contributed by atoms with Gasteiger partial charge >= 0.3 is 0 Å². The van der Waals surface area contributed by atoms with E-state index in [9.17, 15) is 0 Å². The highest BCUT2D eigenvalue weighted by Gasteiger charge is 2.30. The van der Waals surface area contributed by atoms with E-state index in [-0.39, 0.29) is 0 Å². The summed E-state index contributed by atoms with van der Waals surface area (Å²) in [6.07, 6.45) is 8.65. The smallest absolute Gasteiger partial charge is 0.00219 e. The Morgan fingerprint density at radius 1 is 0.944 bits per heavy atom. The molecule has 2 aliphatic rings. The van der Waals surface area contributed by atoms with Gasteiger partial charge in [0.2, 0.25) is 0 Å². The molecule has 1 aromatic carbocycles. The summed E-state index contributed by atoms with van der Waals surface area (Å²) < 4.78 is 0. The summed E-state index contributed by atoms with van der Waals surface area (Å²) in [4.78, 5) is 2.71. The van der Waals surface area contributed by atoms with Crippen molar-refractivity contribution in [1.29, 1.82) is 0 Å². The Balaban J connectivity index is 1.49. The fourth-order valence-electron chi connectivity index (χ4n) is 3.81. The van der Waals surface area contributed by atoms with Crippen molar-refractivity contribution in [3.63, 3.8) is 0 Å². The molecule has 3 rings (SSSR count). The molecule has 0 spiro atoms. The minimum atomic E-state index is 1.02. The van der Waals surface area contributed by atoms with E-state index in [1.54, 1.807) is 0 Å². The van der Waals surface area contributed by atoms with Gasteiger partial charge in [0.1, 0.15) is 0 Å². The lowest BCUT2D eigenvalue weighted by atomic mass is 9.75. The molecule has 1 aliphatic heterocycles. The third-order valence-corrected chi connectivity index (χ3v) is 4.93. The predicted molar refractivity (Wildman–Crippen MR) is 76.7 cm³/mol. The van der Waals surface area contributed by atoms with E-state index in [2.05, 4.69) is 35.2 Å². The Hall–Kier alpha value is -0.820. The van der Waals surface area contributed by atoms with Gasteiger partial charge in [-0.25, -0.2) is 0 Å². The maximum atomic E-state index is 2.71. The highest BCUT2D eigenvalue weighted by atomic mass is 15.1. The van der Waals surface area contributed by atoms with Gasteiger partial charge in [-0.3, -0.25) is 0 Å². The molecule has 0 amide bonds. The molecule has 1 nitrogen and oxygen atoms in total. The number of nitrogens with zero attached hydrogens (tertiary/aromatic N) is 1. The van der Waals surface area contributed by atoms with E-state index in [0.717, 1.165) is 11.8 Å². The second kappa shape index (κ2) is 5.88. The van der Waals surface area contributed by atoms with Crippen LogP contribution in [0, 0.1) is 11.8 Å². The lowest BCUT2D eigenvalue weighted by molar-refractivity contribution is 0.0878. The topological polar surface area (TPSA) is 3.24 Å². The quantitative estimate of drug-likeness (QED) is 0.781. The second-order valence-electron chi connectivity index (χ2n) is 6.13. The molecule has 98 valence electrons. The zero-order chi connectivity index (χ0) is 12.2. The first-order chi connectivity index (χ1) is 8.92. The van der Waals surface area contributed by atoms with Gasteiger partial charge in [-0.1, -0.05) is 49.6 Å². The van der Waals surface area contributed by atoms with Gasteiger partial charge in [0.15, 0.2) is 0 Å². The van der Waals surface area contributed by atoms with Crippen molar-refractivity contribution < 1.29 is 0 Å². The first kappa shape index (κ1) is 12.2. The van der Waals surface area contributed by atoms with Gasteiger partial charge in [-0.15, -0.1) is 0 Å². The minimum absolute atomic E-state index is 1.02. The molecule has 2 fully saturated rings. The SMILES string of the molecule is c1ccc(CCN2CCC3CCCCC3C2)cc1. The summed E-state index contributed by atoms with van der Waals surface area (Å²) in [5, 5.41) is 0. The van der Waals surface area contributed by atoms with Crippen LogP contribution in [0.4, 0.5) is 0 Å². The summed E-state index contributed by atoms with van der Waals surface area (Å²) in [6, 6.07) is 10.9. The Bertz CT molecular complexity index is 359. The number of hydrogen-bond acceptors (Lipinski definition) is 1. The molecule has 1 heterocycles. The number of fused-ring (bicyclic) bond motifs is 1. The predicted octanol–water partition coefficient (Wildman–Crippen LogP) is 3.74. The average molecular weight is 243 g/mol. The fourth-order valence-corrected chi connectivity index (χ4v) is 3.81. The zero-order valence-corrected chi connectivity index (χ0v) is 11.4. The highest BCUT2D eigenvalue weighted by molar-refractivity contribution is 5.14. The number of piperidine rings is 1. The number of benzene rings is 1. The van der Waals surface area contributed by atoms with Crippen LogP contribution in [0.5, 0.6) is 0 Å². The van der Waals surface area contributed by atoms with Crippen LogP contribution in [-0.4, -0.2) is 24.5 Å². The van der Waals surface area contributed by atoms with Crippen LogP contribution in [0.15, 0.2) is 30.3 Å². The lowest BCUT2D eigenvalue weighted by Crippen LogP contribution is -2.42. The maximum absolute atomic E-state index is 2.71. The first-order valence-corrected chi connectivity index (χ1v) is 7.68. The number of hydrogen-bond donors (Lipinski definition) is 0. The van der Waals surface area contributed by atoms with Gasteiger partial charge in [-0.05, 0) is 43.2 Å². The van der Waals surface area contributed by atoms with Gasteiger partial charge in [-0.2, -0.15) is 0 Å². The zero-order valence-electron chi connectivity index (χ0n) is 11.4. The van der Waals surface area contributed by atoms with Gasteiger partial charge < -0.3 is 4.90 Å². The first-order valence-electron chi connectivity index (χ1n) is 7.68. The van der Waals surface area contributed by atoms with Crippen molar-refractivity contribution in [2.24, 2.45) is 11.8 Å². The van der Waals surface area contributed by atoms with Crippen molar-refractivity contribution in [2.75, 3.05) is 19.6 Å². The molecular formula is C17H25N. The average Bonchev–Trinajstić information content (AvgIpc) is 2.46. The van der Waals surface area contributed by atoms with E-state index in [1.165, 1.54) is 63.7 Å². The second-order valence-corrected chi connectivity index (χ2v) is 6.13. The van der Waals surface area contributed by atoms with E-state index in [4.69, 9.17) is 0 Å². The molecule has 1 aromatic rings. The molecule has 0 radical (unpaired) electrons. The fraction of sp³-hybridized carbons (Fsp3) is 0.647. The summed E-state index contributed by atoms with van der Waals surface area (Å²) in [7, 11) is 0. The molecule has 0 bridgehead atoms. The molecule has 2 unspecified atom stereocenters. The van der Waals surface area contributed by atoms with Crippen LogP contribution in [0.1, 0.15) is 37.7 Å². The maximum Gasteiger partial charge on any atom is 0.00219 e. The standard InChI is InChI=1S/C17H25N/c1-2-6-15(7-3-1)10-12-18-13-11-16-8-4-5-9-17(16)14-18/h1-3,6-7,16-17H,4-5,8-14H2. The molecule has 1 heteroatoms. The van der Waals surface area contributed by atoms with Crippen LogP contribution in [0.3, 0.4) is 0 Å². The molecule has 0 N–H and O–H groups in total. The van der Waals surface area contributed by atoms with Gasteiger partial charge in [0.25, 0.3) is 0 Å².